The summed E-state index contributed by atoms with van der Waals surface area (Å²) in [6.45, 7) is 6.00. The van der Waals surface area contributed by atoms with E-state index < -0.39 is 5.97 Å². The molecule has 0 spiro atoms. The molecule has 0 aliphatic carbocycles. The van der Waals surface area contributed by atoms with Crippen LogP contribution in [0, 0.1) is 12.8 Å². The van der Waals surface area contributed by atoms with Gasteiger partial charge in [-0.3, -0.25) is 9.59 Å². The molecule has 0 fully saturated rings. The summed E-state index contributed by atoms with van der Waals surface area (Å²) >= 11 is 7.00. The monoisotopic (exact) mass is 511 g/mol. The summed E-state index contributed by atoms with van der Waals surface area (Å²) < 4.78 is 7.51. The maximum atomic E-state index is 12.0. The highest BCUT2D eigenvalue weighted by Gasteiger charge is 2.13. The normalized spacial score (nSPS) is 10.8. The van der Waals surface area contributed by atoms with Crippen molar-refractivity contribution in [1.82, 2.24) is 0 Å². The second kappa shape index (κ2) is 10.1. The minimum Gasteiger partial charge on any atom is -0.487 e. The number of aryl methyl sites for hydroxylation is 1. The van der Waals surface area contributed by atoms with Gasteiger partial charge < -0.3 is 15.2 Å². The number of carbonyl (C=O) groups is 2. The zero-order valence-electron chi connectivity index (χ0n) is 16.0. The summed E-state index contributed by atoms with van der Waals surface area (Å²) in [7, 11) is 0. The third-order valence-corrected chi connectivity index (χ3v) is 5.46. The van der Waals surface area contributed by atoms with Crippen molar-refractivity contribution >= 4 is 49.4 Å². The van der Waals surface area contributed by atoms with Crippen molar-refractivity contribution in [1.29, 1.82) is 0 Å². The molecule has 7 heteroatoms. The third-order valence-electron chi connectivity index (χ3n) is 4.29. The van der Waals surface area contributed by atoms with Gasteiger partial charge in [-0.15, -0.1) is 0 Å². The Balaban J connectivity index is 2.14. The second-order valence-electron chi connectivity index (χ2n) is 6.80. The summed E-state index contributed by atoms with van der Waals surface area (Å²) in [5.74, 6) is -0.294. The summed E-state index contributed by atoms with van der Waals surface area (Å²) in [4.78, 5) is 22.7. The van der Waals surface area contributed by atoms with E-state index in [1.165, 1.54) is 0 Å². The average molecular weight is 513 g/mol. The first-order valence-corrected chi connectivity index (χ1v) is 10.5. The Labute approximate surface area is 181 Å². The molecule has 5 nitrogen and oxygen atoms in total. The maximum absolute atomic E-state index is 12.0. The highest BCUT2D eigenvalue weighted by molar-refractivity contribution is 9.11. The number of benzene rings is 2. The number of hydrogen-bond donors (Lipinski definition) is 2. The fraction of sp³-hybridized carbons (Fsp3) is 0.333. The number of hydrogen-bond acceptors (Lipinski definition) is 3. The minimum absolute atomic E-state index is 0.0244. The molecule has 0 saturated carbocycles. The van der Waals surface area contributed by atoms with Gasteiger partial charge in [-0.2, -0.15) is 0 Å². The second-order valence-corrected chi connectivity index (χ2v) is 8.51. The van der Waals surface area contributed by atoms with E-state index >= 15 is 0 Å². The lowest BCUT2D eigenvalue weighted by molar-refractivity contribution is -0.137. The van der Waals surface area contributed by atoms with E-state index in [4.69, 9.17) is 9.84 Å². The van der Waals surface area contributed by atoms with E-state index in [2.05, 4.69) is 37.2 Å². The van der Waals surface area contributed by atoms with Crippen molar-refractivity contribution in [3.05, 3.63) is 56.0 Å². The Kier molecular flexibility index (Phi) is 8.07. The summed E-state index contributed by atoms with van der Waals surface area (Å²) in [6, 6.07) is 9.47. The molecule has 28 heavy (non-hydrogen) atoms. The van der Waals surface area contributed by atoms with Gasteiger partial charge in [0.25, 0.3) is 0 Å². The molecule has 1 amide bonds. The van der Waals surface area contributed by atoms with Crippen LogP contribution in [0.5, 0.6) is 5.75 Å². The molecular formula is C21H23Br2NO4. The molecule has 0 saturated heterocycles. The zero-order chi connectivity index (χ0) is 20.8. The minimum atomic E-state index is -0.826. The lowest BCUT2D eigenvalue weighted by Gasteiger charge is -2.16. The van der Waals surface area contributed by atoms with Gasteiger partial charge in [0.1, 0.15) is 12.4 Å². The quantitative estimate of drug-likeness (QED) is 0.475. The van der Waals surface area contributed by atoms with Crippen LogP contribution in [0.15, 0.2) is 39.3 Å². The molecule has 0 aromatic heterocycles. The van der Waals surface area contributed by atoms with Gasteiger partial charge in [-0.05, 0) is 80.1 Å². The number of carbonyl (C=O) groups excluding carboxylic acids is 1. The first kappa shape index (κ1) is 22.4. The molecule has 0 unspecified atom stereocenters. The molecule has 0 radical (unpaired) electrons. The summed E-state index contributed by atoms with van der Waals surface area (Å²) in [6.07, 6.45) is 0.524. The van der Waals surface area contributed by atoms with Crippen LogP contribution >= 0.6 is 31.9 Å². The molecule has 0 heterocycles. The zero-order valence-corrected chi connectivity index (χ0v) is 19.2. The van der Waals surface area contributed by atoms with E-state index in [0.717, 1.165) is 31.3 Å². The number of carboxylic acids is 1. The van der Waals surface area contributed by atoms with Crippen LogP contribution in [0.3, 0.4) is 0 Å². The van der Waals surface area contributed by atoms with Crippen LogP contribution in [0.1, 0.15) is 37.0 Å². The number of amides is 1. The third kappa shape index (κ3) is 6.07. The van der Waals surface area contributed by atoms with Crippen LogP contribution in [-0.2, 0) is 22.6 Å². The van der Waals surface area contributed by atoms with Gasteiger partial charge in [0, 0.05) is 18.0 Å². The molecule has 2 N–H and O–H groups in total. The number of carboxylic acid groups (broad SMARTS) is 1. The Morgan fingerprint density at radius 2 is 1.82 bits per heavy atom. The molecule has 2 rings (SSSR count). The molecule has 2 aromatic carbocycles. The van der Waals surface area contributed by atoms with Gasteiger partial charge >= 0.3 is 5.97 Å². The lowest BCUT2D eigenvalue weighted by Crippen LogP contribution is -2.18. The number of anilines is 1. The fourth-order valence-corrected chi connectivity index (χ4v) is 4.06. The summed E-state index contributed by atoms with van der Waals surface area (Å²) in [5.41, 5.74) is 3.61. The first-order valence-electron chi connectivity index (χ1n) is 8.91. The van der Waals surface area contributed by atoms with Crippen molar-refractivity contribution in [2.24, 2.45) is 5.92 Å². The van der Waals surface area contributed by atoms with E-state index in [9.17, 15) is 9.59 Å². The number of halogens is 2. The van der Waals surface area contributed by atoms with Crippen molar-refractivity contribution in [3.63, 3.8) is 0 Å². The Morgan fingerprint density at radius 3 is 2.39 bits per heavy atom. The van der Waals surface area contributed by atoms with Crippen molar-refractivity contribution < 1.29 is 19.4 Å². The number of nitrogens with one attached hydrogen (secondary N) is 1. The predicted octanol–water partition coefficient (Wildman–Crippen LogP) is 5.71. The van der Waals surface area contributed by atoms with Crippen LogP contribution in [0.4, 0.5) is 5.69 Å². The standard InChI is InChI=1S/C21H23Br2NO4/c1-12(2)21(27)24-18-6-4-5-15(13(18)3)11-28-20-16(22)9-14(10-17(20)23)7-8-19(25)26/h4-6,9-10,12H,7-8,11H2,1-3H3,(H,24,27)(H,25,26). The Hall–Kier alpha value is -1.86. The Bertz CT molecular complexity index is 858. The molecule has 150 valence electrons. The maximum Gasteiger partial charge on any atom is 0.303 e. The van der Waals surface area contributed by atoms with Gasteiger partial charge in [0.05, 0.1) is 8.95 Å². The molecule has 0 aliphatic heterocycles. The van der Waals surface area contributed by atoms with E-state index in [1.807, 2.05) is 51.1 Å². The van der Waals surface area contributed by atoms with Gasteiger partial charge in [0.15, 0.2) is 0 Å². The van der Waals surface area contributed by atoms with Gasteiger partial charge in [0.2, 0.25) is 5.91 Å². The topological polar surface area (TPSA) is 75.6 Å². The Morgan fingerprint density at radius 1 is 1.18 bits per heavy atom. The number of aliphatic carboxylic acids is 1. The fourth-order valence-electron chi connectivity index (χ4n) is 2.55. The highest BCUT2D eigenvalue weighted by atomic mass is 79.9. The van der Waals surface area contributed by atoms with Crippen LogP contribution in [0.2, 0.25) is 0 Å². The van der Waals surface area contributed by atoms with Crippen molar-refractivity contribution in [3.8, 4) is 5.75 Å². The number of ether oxygens (including phenoxy) is 1. The van der Waals surface area contributed by atoms with Crippen LogP contribution in [-0.4, -0.2) is 17.0 Å². The largest absolute Gasteiger partial charge is 0.487 e. The highest BCUT2D eigenvalue weighted by Crippen LogP contribution is 2.36. The lowest BCUT2D eigenvalue weighted by atomic mass is 10.1. The van der Waals surface area contributed by atoms with E-state index in [-0.39, 0.29) is 18.2 Å². The van der Waals surface area contributed by atoms with E-state index in [0.29, 0.717) is 18.8 Å². The SMILES string of the molecule is Cc1c(COc2c(Br)cc(CCC(=O)O)cc2Br)cccc1NC(=O)C(C)C. The van der Waals surface area contributed by atoms with E-state index in [1.54, 1.807) is 0 Å². The van der Waals surface area contributed by atoms with Gasteiger partial charge in [-0.1, -0.05) is 26.0 Å². The molecule has 0 aliphatic rings. The molecular weight excluding hydrogens is 490 g/mol. The molecule has 0 bridgehead atoms. The van der Waals surface area contributed by atoms with Crippen molar-refractivity contribution in [2.75, 3.05) is 5.32 Å². The van der Waals surface area contributed by atoms with Crippen LogP contribution < -0.4 is 10.1 Å². The van der Waals surface area contributed by atoms with Gasteiger partial charge in [-0.25, -0.2) is 0 Å². The predicted molar refractivity (Wildman–Crippen MR) is 117 cm³/mol. The molecule has 0 atom stereocenters. The molecule has 2 aromatic rings. The van der Waals surface area contributed by atoms with Crippen molar-refractivity contribution in [2.45, 2.75) is 40.2 Å². The summed E-state index contributed by atoms with van der Waals surface area (Å²) in [5, 5.41) is 11.8. The smallest absolute Gasteiger partial charge is 0.303 e. The van der Waals surface area contributed by atoms with Crippen LogP contribution in [0.25, 0.3) is 0 Å². The average Bonchev–Trinajstić information content (AvgIpc) is 2.61. The first-order chi connectivity index (χ1) is 13.2. The number of rotatable bonds is 8.